The molecule has 2 fully saturated rings. The molecule has 2 saturated carbocycles. The molecule has 1 heterocycles. The predicted octanol–water partition coefficient (Wildman–Crippen LogP) is 3.48. The molecule has 0 radical (unpaired) electrons. The standard InChI is InChI=1S/C18H28N2O/c1-3-16(19)10-17-18(7-4-12(2)20-17)21-11-15-9-13-5-6-14(15)8-13/h4,7,13-16H,3,5-6,8-11,19H2,1-2H3. The molecule has 2 aliphatic rings. The normalized spacial score (nSPS) is 28.8. The molecule has 2 aliphatic carbocycles. The fourth-order valence-electron chi connectivity index (χ4n) is 4.05. The molecule has 0 spiro atoms. The van der Waals surface area contributed by atoms with Gasteiger partial charge in [-0.1, -0.05) is 13.3 Å². The summed E-state index contributed by atoms with van der Waals surface area (Å²) in [4.78, 5) is 4.65. The first-order chi connectivity index (χ1) is 10.2. The number of nitrogens with zero attached hydrogens (tertiary/aromatic N) is 1. The van der Waals surface area contributed by atoms with Crippen LogP contribution in [0.3, 0.4) is 0 Å². The van der Waals surface area contributed by atoms with Crippen LogP contribution >= 0.6 is 0 Å². The molecule has 2 N–H and O–H groups in total. The van der Waals surface area contributed by atoms with Crippen molar-refractivity contribution in [2.24, 2.45) is 23.5 Å². The van der Waals surface area contributed by atoms with Crippen LogP contribution in [0.1, 0.15) is 50.4 Å². The molecule has 3 rings (SSSR count). The number of fused-ring (bicyclic) bond motifs is 2. The van der Waals surface area contributed by atoms with Gasteiger partial charge in [0.25, 0.3) is 0 Å². The second kappa shape index (κ2) is 6.35. The average molecular weight is 288 g/mol. The summed E-state index contributed by atoms with van der Waals surface area (Å²) in [5.74, 6) is 3.60. The van der Waals surface area contributed by atoms with E-state index in [9.17, 15) is 0 Å². The van der Waals surface area contributed by atoms with Crippen molar-refractivity contribution in [1.82, 2.24) is 4.98 Å². The lowest BCUT2D eigenvalue weighted by atomic mass is 9.89. The van der Waals surface area contributed by atoms with E-state index in [-0.39, 0.29) is 6.04 Å². The Balaban J connectivity index is 1.64. The van der Waals surface area contributed by atoms with Crippen LogP contribution < -0.4 is 10.5 Å². The predicted molar refractivity (Wildman–Crippen MR) is 85.4 cm³/mol. The highest BCUT2D eigenvalue weighted by Gasteiger charge is 2.39. The fraction of sp³-hybridized carbons (Fsp3) is 0.722. The van der Waals surface area contributed by atoms with Crippen molar-refractivity contribution in [1.29, 1.82) is 0 Å². The van der Waals surface area contributed by atoms with Gasteiger partial charge in [0.1, 0.15) is 5.75 Å². The lowest BCUT2D eigenvalue weighted by Crippen LogP contribution is -2.23. The average Bonchev–Trinajstić information content (AvgIpc) is 3.09. The van der Waals surface area contributed by atoms with Gasteiger partial charge in [-0.25, -0.2) is 0 Å². The largest absolute Gasteiger partial charge is 0.491 e. The third-order valence-electron chi connectivity index (χ3n) is 5.39. The van der Waals surface area contributed by atoms with E-state index in [1.165, 1.54) is 25.7 Å². The van der Waals surface area contributed by atoms with Crippen LogP contribution in [0.15, 0.2) is 12.1 Å². The molecule has 3 nitrogen and oxygen atoms in total. The summed E-state index contributed by atoms with van der Waals surface area (Å²) < 4.78 is 6.16. The maximum atomic E-state index is 6.16. The van der Waals surface area contributed by atoms with Gasteiger partial charge in [-0.3, -0.25) is 4.98 Å². The van der Waals surface area contributed by atoms with Gasteiger partial charge in [0, 0.05) is 18.2 Å². The Morgan fingerprint density at radius 1 is 1.33 bits per heavy atom. The van der Waals surface area contributed by atoms with Crippen LogP contribution in [0.2, 0.25) is 0 Å². The summed E-state index contributed by atoms with van der Waals surface area (Å²) in [6.07, 6.45) is 7.45. The van der Waals surface area contributed by atoms with Crippen molar-refractivity contribution in [2.75, 3.05) is 6.61 Å². The quantitative estimate of drug-likeness (QED) is 0.871. The zero-order valence-electron chi connectivity index (χ0n) is 13.3. The lowest BCUT2D eigenvalue weighted by Gasteiger charge is -2.22. The van der Waals surface area contributed by atoms with Crippen LogP contribution in [-0.4, -0.2) is 17.6 Å². The first-order valence-electron chi connectivity index (χ1n) is 8.50. The number of hydrogen-bond donors (Lipinski definition) is 1. The minimum atomic E-state index is 0.171. The number of nitrogens with two attached hydrogens (primary N) is 1. The van der Waals surface area contributed by atoms with E-state index in [4.69, 9.17) is 10.5 Å². The highest BCUT2D eigenvalue weighted by atomic mass is 16.5. The van der Waals surface area contributed by atoms with Crippen LogP contribution in [-0.2, 0) is 6.42 Å². The van der Waals surface area contributed by atoms with Gasteiger partial charge >= 0.3 is 0 Å². The van der Waals surface area contributed by atoms with Crippen LogP contribution in [0.25, 0.3) is 0 Å². The summed E-state index contributed by atoms with van der Waals surface area (Å²) >= 11 is 0. The fourth-order valence-corrected chi connectivity index (χ4v) is 4.05. The highest BCUT2D eigenvalue weighted by molar-refractivity contribution is 5.30. The second-order valence-corrected chi connectivity index (χ2v) is 7.02. The Morgan fingerprint density at radius 2 is 2.19 bits per heavy atom. The Morgan fingerprint density at radius 3 is 2.86 bits per heavy atom. The number of pyridine rings is 1. The maximum Gasteiger partial charge on any atom is 0.140 e. The Kier molecular flexibility index (Phi) is 4.48. The first kappa shape index (κ1) is 14.8. The van der Waals surface area contributed by atoms with Gasteiger partial charge in [0.15, 0.2) is 0 Å². The van der Waals surface area contributed by atoms with Crippen molar-refractivity contribution >= 4 is 0 Å². The van der Waals surface area contributed by atoms with Gasteiger partial charge in [-0.2, -0.15) is 0 Å². The Bertz CT molecular complexity index is 488. The van der Waals surface area contributed by atoms with Crippen molar-refractivity contribution in [3.05, 3.63) is 23.5 Å². The van der Waals surface area contributed by atoms with Gasteiger partial charge in [0.05, 0.1) is 12.3 Å². The molecule has 0 saturated heterocycles. The van der Waals surface area contributed by atoms with Crippen molar-refractivity contribution < 1.29 is 4.74 Å². The number of rotatable bonds is 6. The highest BCUT2D eigenvalue weighted by Crippen LogP contribution is 2.48. The van der Waals surface area contributed by atoms with Gasteiger partial charge in [0.2, 0.25) is 0 Å². The van der Waals surface area contributed by atoms with Crippen LogP contribution in [0, 0.1) is 24.7 Å². The summed E-state index contributed by atoms with van der Waals surface area (Å²) in [7, 11) is 0. The first-order valence-corrected chi connectivity index (χ1v) is 8.50. The van der Waals surface area contributed by atoms with Crippen LogP contribution in [0.5, 0.6) is 5.75 Å². The molecule has 4 unspecified atom stereocenters. The van der Waals surface area contributed by atoms with E-state index >= 15 is 0 Å². The zero-order chi connectivity index (χ0) is 14.8. The van der Waals surface area contributed by atoms with E-state index in [2.05, 4.69) is 18.0 Å². The summed E-state index contributed by atoms with van der Waals surface area (Å²) in [6, 6.07) is 4.29. The molecule has 0 amide bonds. The second-order valence-electron chi connectivity index (χ2n) is 7.02. The van der Waals surface area contributed by atoms with Crippen molar-refractivity contribution in [2.45, 2.75) is 58.4 Å². The SMILES string of the molecule is CCC(N)Cc1nc(C)ccc1OCC1CC2CCC1C2. The molecule has 1 aromatic rings. The number of hydrogen-bond acceptors (Lipinski definition) is 3. The van der Waals surface area contributed by atoms with Crippen molar-refractivity contribution in [3.8, 4) is 5.75 Å². The molecule has 21 heavy (non-hydrogen) atoms. The smallest absolute Gasteiger partial charge is 0.140 e. The Labute approximate surface area is 128 Å². The minimum Gasteiger partial charge on any atom is -0.491 e. The topological polar surface area (TPSA) is 48.1 Å². The molecule has 116 valence electrons. The van der Waals surface area contributed by atoms with Gasteiger partial charge < -0.3 is 10.5 Å². The number of aromatic nitrogens is 1. The number of ether oxygens (including phenoxy) is 1. The number of aryl methyl sites for hydroxylation is 1. The van der Waals surface area contributed by atoms with E-state index in [1.54, 1.807) is 0 Å². The third kappa shape index (κ3) is 3.39. The van der Waals surface area contributed by atoms with E-state index in [0.717, 1.165) is 54.3 Å². The molecule has 0 aromatic carbocycles. The lowest BCUT2D eigenvalue weighted by molar-refractivity contribution is 0.193. The van der Waals surface area contributed by atoms with Gasteiger partial charge in [-0.05, 0) is 62.5 Å². The molecule has 1 aromatic heterocycles. The monoisotopic (exact) mass is 288 g/mol. The zero-order valence-corrected chi connectivity index (χ0v) is 13.3. The maximum absolute atomic E-state index is 6.16. The minimum absolute atomic E-state index is 0.171. The molecule has 4 atom stereocenters. The van der Waals surface area contributed by atoms with Crippen molar-refractivity contribution in [3.63, 3.8) is 0 Å². The van der Waals surface area contributed by atoms with Crippen LogP contribution in [0.4, 0.5) is 0 Å². The molecule has 3 heteroatoms. The molecular weight excluding hydrogens is 260 g/mol. The molecule has 0 aliphatic heterocycles. The summed E-state index contributed by atoms with van der Waals surface area (Å²) in [6.45, 7) is 5.01. The summed E-state index contributed by atoms with van der Waals surface area (Å²) in [5.41, 5.74) is 8.17. The molecule has 2 bridgehead atoms. The van der Waals surface area contributed by atoms with E-state index < -0.39 is 0 Å². The van der Waals surface area contributed by atoms with E-state index in [1.807, 2.05) is 13.0 Å². The third-order valence-corrected chi connectivity index (χ3v) is 5.39. The molecular formula is C18H28N2O. The van der Waals surface area contributed by atoms with E-state index in [0.29, 0.717) is 0 Å². The van der Waals surface area contributed by atoms with Gasteiger partial charge in [-0.15, -0.1) is 0 Å². The Hall–Kier alpha value is -1.09. The summed E-state index contributed by atoms with van der Waals surface area (Å²) in [5, 5.41) is 0.